The van der Waals surface area contributed by atoms with E-state index in [0.29, 0.717) is 6.54 Å². The molecule has 0 radical (unpaired) electrons. The van der Waals surface area contributed by atoms with Gasteiger partial charge in [-0.1, -0.05) is 19.1 Å². The van der Waals surface area contributed by atoms with Crippen molar-refractivity contribution in [3.8, 4) is 5.69 Å². The highest BCUT2D eigenvalue weighted by atomic mass is 16.2. The van der Waals surface area contributed by atoms with Gasteiger partial charge in [0.1, 0.15) is 6.04 Å². The minimum absolute atomic E-state index is 0.0878. The van der Waals surface area contributed by atoms with E-state index in [9.17, 15) is 9.59 Å². The van der Waals surface area contributed by atoms with Gasteiger partial charge in [0, 0.05) is 25.0 Å². The molecule has 2 atom stereocenters. The molecular weight excluding hydrogens is 318 g/mol. The van der Waals surface area contributed by atoms with Gasteiger partial charge >= 0.3 is 6.03 Å². The highest BCUT2D eigenvalue weighted by Gasteiger charge is 2.16. The zero-order chi connectivity index (χ0) is 18.2. The number of carbonyl (C=O) groups is 2. The van der Waals surface area contributed by atoms with Crippen LogP contribution in [0, 0.1) is 0 Å². The van der Waals surface area contributed by atoms with E-state index in [2.05, 4.69) is 21.0 Å². The van der Waals surface area contributed by atoms with Gasteiger partial charge in [-0.3, -0.25) is 4.79 Å². The van der Waals surface area contributed by atoms with Crippen molar-refractivity contribution in [2.45, 2.75) is 45.8 Å². The monoisotopic (exact) mass is 343 g/mol. The summed E-state index contributed by atoms with van der Waals surface area (Å²) >= 11 is 0. The van der Waals surface area contributed by atoms with Crippen LogP contribution < -0.4 is 16.0 Å². The van der Waals surface area contributed by atoms with E-state index in [4.69, 9.17) is 0 Å². The Bertz CT molecular complexity index is 699. The Morgan fingerprint density at radius 1 is 1.20 bits per heavy atom. The maximum atomic E-state index is 12.0. The van der Waals surface area contributed by atoms with Crippen molar-refractivity contribution >= 4 is 11.9 Å². The van der Waals surface area contributed by atoms with Gasteiger partial charge in [-0.25, -0.2) is 9.48 Å². The molecule has 3 N–H and O–H groups in total. The number of carbonyl (C=O) groups excluding carboxylic acids is 2. The molecule has 0 spiro atoms. The third kappa shape index (κ3) is 5.63. The molecular formula is C18H25N5O2. The molecule has 0 fully saturated rings. The standard InChI is InChI=1S/C18H25N5O2/c1-4-13(2)21-17(24)14(3)22-18(25)19-12-15-7-5-8-16(11-15)23-10-6-9-20-23/h5-11,13-14H,4,12H2,1-3H3,(H,21,24)(H2,19,22,25)/t13-,14-/m1/s1. The summed E-state index contributed by atoms with van der Waals surface area (Å²) in [5.41, 5.74) is 1.87. The van der Waals surface area contributed by atoms with Crippen LogP contribution >= 0.6 is 0 Å². The SMILES string of the molecule is CC[C@@H](C)NC(=O)[C@@H](C)NC(=O)NCc1cccc(-n2cccn2)c1. The minimum atomic E-state index is -0.593. The van der Waals surface area contributed by atoms with Gasteiger partial charge < -0.3 is 16.0 Å². The normalized spacial score (nSPS) is 12.9. The molecule has 0 saturated heterocycles. The Hall–Kier alpha value is -2.83. The molecule has 0 aliphatic rings. The van der Waals surface area contributed by atoms with Gasteiger partial charge in [-0.2, -0.15) is 5.10 Å². The van der Waals surface area contributed by atoms with Crippen molar-refractivity contribution in [2.75, 3.05) is 0 Å². The molecule has 7 heteroatoms. The number of aromatic nitrogens is 2. The smallest absolute Gasteiger partial charge is 0.315 e. The Morgan fingerprint density at radius 3 is 2.68 bits per heavy atom. The molecule has 1 aromatic carbocycles. The molecule has 2 rings (SSSR count). The predicted octanol–water partition coefficient (Wildman–Crippen LogP) is 1.97. The number of nitrogens with zero attached hydrogens (tertiary/aromatic N) is 2. The first-order valence-corrected chi connectivity index (χ1v) is 8.43. The van der Waals surface area contributed by atoms with Crippen molar-refractivity contribution in [2.24, 2.45) is 0 Å². The second-order valence-electron chi connectivity index (χ2n) is 5.99. The van der Waals surface area contributed by atoms with Crippen molar-refractivity contribution in [1.82, 2.24) is 25.7 Å². The van der Waals surface area contributed by atoms with E-state index >= 15 is 0 Å². The second kappa shape index (κ2) is 8.86. The molecule has 1 heterocycles. The summed E-state index contributed by atoms with van der Waals surface area (Å²) in [5, 5.41) is 12.4. The average molecular weight is 343 g/mol. The van der Waals surface area contributed by atoms with Gasteiger partial charge in [-0.05, 0) is 44.0 Å². The fraction of sp³-hybridized carbons (Fsp3) is 0.389. The van der Waals surface area contributed by atoms with Crippen molar-refractivity contribution in [3.05, 3.63) is 48.3 Å². The third-order valence-corrected chi connectivity index (χ3v) is 3.87. The lowest BCUT2D eigenvalue weighted by Gasteiger charge is -2.17. The second-order valence-corrected chi connectivity index (χ2v) is 5.99. The van der Waals surface area contributed by atoms with Crippen LogP contribution in [0.15, 0.2) is 42.7 Å². The van der Waals surface area contributed by atoms with E-state index in [1.165, 1.54) is 0 Å². The highest BCUT2D eigenvalue weighted by Crippen LogP contribution is 2.09. The van der Waals surface area contributed by atoms with Gasteiger partial charge in [0.15, 0.2) is 0 Å². The Kier molecular flexibility index (Phi) is 6.56. The van der Waals surface area contributed by atoms with Gasteiger partial charge in [-0.15, -0.1) is 0 Å². The number of rotatable bonds is 7. The van der Waals surface area contributed by atoms with Crippen LogP contribution in [-0.2, 0) is 11.3 Å². The molecule has 0 unspecified atom stereocenters. The largest absolute Gasteiger partial charge is 0.352 e. The van der Waals surface area contributed by atoms with Crippen LogP contribution in [0.4, 0.5) is 4.79 Å². The molecule has 134 valence electrons. The molecule has 0 bridgehead atoms. The van der Waals surface area contributed by atoms with Crippen molar-refractivity contribution in [1.29, 1.82) is 0 Å². The van der Waals surface area contributed by atoms with Crippen molar-refractivity contribution in [3.63, 3.8) is 0 Å². The summed E-state index contributed by atoms with van der Waals surface area (Å²) in [5.74, 6) is -0.190. The lowest BCUT2D eigenvalue weighted by atomic mass is 10.2. The molecule has 25 heavy (non-hydrogen) atoms. The first kappa shape index (κ1) is 18.5. The van der Waals surface area contributed by atoms with Crippen LogP contribution in [0.2, 0.25) is 0 Å². The molecule has 7 nitrogen and oxygen atoms in total. The maximum absolute atomic E-state index is 12.0. The number of amides is 3. The predicted molar refractivity (Wildman–Crippen MR) is 96.3 cm³/mol. The van der Waals surface area contributed by atoms with E-state index in [0.717, 1.165) is 17.7 Å². The number of nitrogens with one attached hydrogen (secondary N) is 3. The van der Waals surface area contributed by atoms with Crippen LogP contribution in [0.5, 0.6) is 0 Å². The quantitative estimate of drug-likeness (QED) is 0.718. The number of hydrogen-bond acceptors (Lipinski definition) is 3. The van der Waals surface area contributed by atoms with Gasteiger partial charge in [0.05, 0.1) is 5.69 Å². The first-order valence-electron chi connectivity index (χ1n) is 8.43. The zero-order valence-corrected chi connectivity index (χ0v) is 14.8. The third-order valence-electron chi connectivity index (χ3n) is 3.87. The summed E-state index contributed by atoms with van der Waals surface area (Å²) in [6.07, 6.45) is 4.41. The fourth-order valence-corrected chi connectivity index (χ4v) is 2.20. The van der Waals surface area contributed by atoms with Crippen LogP contribution in [0.3, 0.4) is 0 Å². The Morgan fingerprint density at radius 2 is 2.00 bits per heavy atom. The highest BCUT2D eigenvalue weighted by molar-refractivity contribution is 5.86. The number of benzene rings is 1. The Labute approximate surface area is 147 Å². The minimum Gasteiger partial charge on any atom is -0.352 e. The van der Waals surface area contributed by atoms with E-state index in [1.807, 2.05) is 50.4 Å². The van der Waals surface area contributed by atoms with E-state index in [-0.39, 0.29) is 18.0 Å². The van der Waals surface area contributed by atoms with Crippen LogP contribution in [0.25, 0.3) is 5.69 Å². The lowest BCUT2D eigenvalue weighted by molar-refractivity contribution is -0.123. The molecule has 2 aromatic rings. The van der Waals surface area contributed by atoms with Crippen LogP contribution in [-0.4, -0.2) is 33.8 Å². The summed E-state index contributed by atoms with van der Waals surface area (Å²) in [6, 6.07) is 8.69. The molecule has 0 saturated carbocycles. The van der Waals surface area contributed by atoms with Crippen LogP contribution in [0.1, 0.15) is 32.8 Å². The molecule has 1 aromatic heterocycles. The van der Waals surface area contributed by atoms with Crippen molar-refractivity contribution < 1.29 is 9.59 Å². The first-order chi connectivity index (χ1) is 12.0. The topological polar surface area (TPSA) is 88.0 Å². The van der Waals surface area contributed by atoms with Gasteiger partial charge in [0.25, 0.3) is 0 Å². The average Bonchev–Trinajstić information content (AvgIpc) is 3.14. The van der Waals surface area contributed by atoms with Gasteiger partial charge in [0.2, 0.25) is 5.91 Å². The molecule has 3 amide bonds. The Balaban J connectivity index is 1.84. The summed E-state index contributed by atoms with van der Waals surface area (Å²) < 4.78 is 1.75. The fourth-order valence-electron chi connectivity index (χ4n) is 2.20. The molecule has 0 aliphatic heterocycles. The number of urea groups is 1. The summed E-state index contributed by atoms with van der Waals surface area (Å²) in [7, 11) is 0. The lowest BCUT2D eigenvalue weighted by Crippen LogP contribution is -2.49. The number of hydrogen-bond donors (Lipinski definition) is 3. The maximum Gasteiger partial charge on any atom is 0.315 e. The van der Waals surface area contributed by atoms with E-state index < -0.39 is 6.04 Å². The summed E-state index contributed by atoms with van der Waals surface area (Å²) in [6.45, 7) is 5.95. The zero-order valence-electron chi connectivity index (χ0n) is 14.8. The summed E-state index contributed by atoms with van der Waals surface area (Å²) in [4.78, 5) is 23.9. The van der Waals surface area contributed by atoms with E-state index in [1.54, 1.807) is 17.8 Å². The molecule has 0 aliphatic carbocycles.